The van der Waals surface area contributed by atoms with Crippen LogP contribution in [0.3, 0.4) is 0 Å². The fourth-order valence-corrected chi connectivity index (χ4v) is 2.68. The molecule has 0 aromatic heterocycles. The summed E-state index contributed by atoms with van der Waals surface area (Å²) < 4.78 is 14.6. The first-order valence-electron chi connectivity index (χ1n) is 6.93. The topological polar surface area (TPSA) is 12.0 Å². The fourth-order valence-electron chi connectivity index (χ4n) is 2.34. The minimum Gasteiger partial charge on any atom is -0.310 e. The van der Waals surface area contributed by atoms with Gasteiger partial charge in [-0.15, -0.1) is 0 Å². The summed E-state index contributed by atoms with van der Waals surface area (Å²) >= 11 is 3.29. The summed E-state index contributed by atoms with van der Waals surface area (Å²) in [6, 6.07) is 15.9. The summed E-state index contributed by atoms with van der Waals surface area (Å²) in [6.07, 6.45) is 1.61. The zero-order valence-corrected chi connectivity index (χ0v) is 13.2. The molecule has 0 aliphatic rings. The van der Waals surface area contributed by atoms with Crippen LogP contribution >= 0.6 is 15.9 Å². The van der Waals surface area contributed by atoms with E-state index in [-0.39, 0.29) is 11.9 Å². The molecule has 0 radical (unpaired) electrons. The highest BCUT2D eigenvalue weighted by Gasteiger charge is 2.11. The molecule has 1 atom stereocenters. The van der Waals surface area contributed by atoms with Crippen molar-refractivity contribution in [2.75, 3.05) is 6.54 Å². The Bertz CT molecular complexity index is 542. The Hall–Kier alpha value is -1.19. The second-order valence-electron chi connectivity index (χ2n) is 4.80. The summed E-state index contributed by atoms with van der Waals surface area (Å²) in [4.78, 5) is 0. The quantitative estimate of drug-likeness (QED) is 0.793. The van der Waals surface area contributed by atoms with Crippen LogP contribution in [0.2, 0.25) is 0 Å². The Labute approximate surface area is 128 Å². The average Bonchev–Trinajstić information content (AvgIpc) is 2.46. The minimum atomic E-state index is -0.136. The van der Waals surface area contributed by atoms with Crippen molar-refractivity contribution >= 4 is 15.9 Å². The highest BCUT2D eigenvalue weighted by molar-refractivity contribution is 9.10. The molecule has 2 rings (SSSR count). The van der Waals surface area contributed by atoms with E-state index in [1.807, 2.05) is 30.3 Å². The van der Waals surface area contributed by atoms with E-state index in [9.17, 15) is 4.39 Å². The van der Waals surface area contributed by atoms with Crippen LogP contribution in [0.1, 0.15) is 30.5 Å². The minimum absolute atomic E-state index is 0.136. The average molecular weight is 336 g/mol. The second-order valence-corrected chi connectivity index (χ2v) is 5.71. The molecule has 0 aliphatic carbocycles. The molecule has 2 aromatic rings. The SMILES string of the molecule is CCNC(CCc1ccc(Br)cc1F)c1ccccc1. The second kappa shape index (κ2) is 7.55. The van der Waals surface area contributed by atoms with Crippen molar-refractivity contribution in [3.8, 4) is 0 Å². The molecule has 0 fully saturated rings. The molecular weight excluding hydrogens is 317 g/mol. The normalized spacial score (nSPS) is 12.3. The van der Waals surface area contributed by atoms with Crippen LogP contribution in [0.25, 0.3) is 0 Å². The summed E-state index contributed by atoms with van der Waals surface area (Å²) in [5, 5.41) is 3.47. The molecule has 106 valence electrons. The number of aryl methyl sites for hydroxylation is 1. The van der Waals surface area contributed by atoms with Gasteiger partial charge in [-0.2, -0.15) is 0 Å². The van der Waals surface area contributed by atoms with Gasteiger partial charge in [-0.1, -0.05) is 59.3 Å². The molecule has 0 amide bonds. The van der Waals surface area contributed by atoms with Crippen molar-refractivity contribution in [2.45, 2.75) is 25.8 Å². The van der Waals surface area contributed by atoms with Crippen LogP contribution in [0, 0.1) is 5.82 Å². The van der Waals surface area contributed by atoms with Crippen LogP contribution in [0.15, 0.2) is 53.0 Å². The van der Waals surface area contributed by atoms with Gasteiger partial charge in [-0.25, -0.2) is 4.39 Å². The van der Waals surface area contributed by atoms with E-state index in [0.717, 1.165) is 29.4 Å². The molecule has 20 heavy (non-hydrogen) atoms. The van der Waals surface area contributed by atoms with Crippen molar-refractivity contribution in [1.29, 1.82) is 0 Å². The van der Waals surface area contributed by atoms with Crippen molar-refractivity contribution < 1.29 is 4.39 Å². The maximum atomic E-state index is 13.8. The third kappa shape index (κ3) is 4.15. The van der Waals surface area contributed by atoms with Crippen LogP contribution in [-0.4, -0.2) is 6.54 Å². The van der Waals surface area contributed by atoms with E-state index in [1.165, 1.54) is 11.6 Å². The van der Waals surface area contributed by atoms with E-state index in [1.54, 1.807) is 0 Å². The summed E-state index contributed by atoms with van der Waals surface area (Å²) in [7, 11) is 0. The van der Waals surface area contributed by atoms with Gasteiger partial charge in [-0.3, -0.25) is 0 Å². The maximum absolute atomic E-state index is 13.8. The van der Waals surface area contributed by atoms with Crippen molar-refractivity contribution in [1.82, 2.24) is 5.32 Å². The first kappa shape index (κ1) is 15.2. The Morgan fingerprint density at radius 3 is 2.55 bits per heavy atom. The first-order chi connectivity index (χ1) is 9.70. The lowest BCUT2D eigenvalue weighted by Gasteiger charge is -2.18. The Kier molecular flexibility index (Phi) is 5.74. The molecule has 1 unspecified atom stereocenters. The number of nitrogens with one attached hydrogen (secondary N) is 1. The third-order valence-corrected chi connectivity index (χ3v) is 3.86. The zero-order valence-electron chi connectivity index (χ0n) is 11.6. The lowest BCUT2D eigenvalue weighted by atomic mass is 9.99. The van der Waals surface area contributed by atoms with Gasteiger partial charge in [0.05, 0.1) is 0 Å². The lowest BCUT2D eigenvalue weighted by Crippen LogP contribution is -2.21. The van der Waals surface area contributed by atoms with E-state index in [2.05, 4.69) is 40.3 Å². The molecular formula is C17H19BrFN. The monoisotopic (exact) mass is 335 g/mol. The fraction of sp³-hybridized carbons (Fsp3) is 0.294. The van der Waals surface area contributed by atoms with Crippen molar-refractivity contribution in [2.24, 2.45) is 0 Å². The van der Waals surface area contributed by atoms with Gasteiger partial charge >= 0.3 is 0 Å². The Morgan fingerprint density at radius 1 is 1.15 bits per heavy atom. The van der Waals surface area contributed by atoms with Crippen molar-refractivity contribution in [3.63, 3.8) is 0 Å². The summed E-state index contributed by atoms with van der Waals surface area (Å²) in [5.74, 6) is -0.136. The largest absolute Gasteiger partial charge is 0.310 e. The van der Waals surface area contributed by atoms with Gasteiger partial charge < -0.3 is 5.32 Å². The van der Waals surface area contributed by atoms with Gasteiger partial charge in [-0.05, 0) is 42.6 Å². The number of benzene rings is 2. The van der Waals surface area contributed by atoms with Crippen LogP contribution in [-0.2, 0) is 6.42 Å². The zero-order chi connectivity index (χ0) is 14.4. The van der Waals surface area contributed by atoms with Gasteiger partial charge in [0.2, 0.25) is 0 Å². The molecule has 0 spiro atoms. The van der Waals surface area contributed by atoms with Gasteiger partial charge in [0.15, 0.2) is 0 Å². The van der Waals surface area contributed by atoms with Gasteiger partial charge in [0.1, 0.15) is 5.82 Å². The highest BCUT2D eigenvalue weighted by Crippen LogP contribution is 2.22. The molecule has 0 saturated carbocycles. The molecule has 2 aromatic carbocycles. The van der Waals surface area contributed by atoms with Gasteiger partial charge in [0.25, 0.3) is 0 Å². The molecule has 0 saturated heterocycles. The van der Waals surface area contributed by atoms with E-state index in [0.29, 0.717) is 0 Å². The molecule has 0 heterocycles. The maximum Gasteiger partial charge on any atom is 0.127 e. The molecule has 1 nitrogen and oxygen atoms in total. The number of hydrogen-bond acceptors (Lipinski definition) is 1. The van der Waals surface area contributed by atoms with E-state index < -0.39 is 0 Å². The van der Waals surface area contributed by atoms with Crippen LogP contribution in [0.5, 0.6) is 0 Å². The standard InChI is InChI=1S/C17H19BrFN/c1-2-20-17(14-6-4-3-5-7-14)11-9-13-8-10-15(18)12-16(13)19/h3-8,10,12,17,20H,2,9,11H2,1H3. The van der Waals surface area contributed by atoms with E-state index >= 15 is 0 Å². The van der Waals surface area contributed by atoms with Crippen LogP contribution < -0.4 is 5.32 Å². The first-order valence-corrected chi connectivity index (χ1v) is 7.72. The summed E-state index contributed by atoms with van der Waals surface area (Å²) in [6.45, 7) is 3.00. The Balaban J connectivity index is 2.06. The number of halogens is 2. The number of hydrogen-bond donors (Lipinski definition) is 1. The summed E-state index contributed by atoms with van der Waals surface area (Å²) in [5.41, 5.74) is 2.03. The lowest BCUT2D eigenvalue weighted by molar-refractivity contribution is 0.507. The van der Waals surface area contributed by atoms with E-state index in [4.69, 9.17) is 0 Å². The third-order valence-electron chi connectivity index (χ3n) is 3.37. The Morgan fingerprint density at radius 2 is 1.90 bits per heavy atom. The highest BCUT2D eigenvalue weighted by atomic mass is 79.9. The smallest absolute Gasteiger partial charge is 0.127 e. The number of rotatable bonds is 6. The van der Waals surface area contributed by atoms with Gasteiger partial charge in [0, 0.05) is 10.5 Å². The predicted octanol–water partition coefficient (Wildman–Crippen LogP) is 4.87. The molecule has 0 bridgehead atoms. The predicted molar refractivity (Wildman–Crippen MR) is 85.3 cm³/mol. The molecule has 1 N–H and O–H groups in total. The molecule has 0 aliphatic heterocycles. The van der Waals surface area contributed by atoms with Crippen molar-refractivity contribution in [3.05, 3.63) is 69.9 Å². The van der Waals surface area contributed by atoms with Crippen LogP contribution in [0.4, 0.5) is 4.39 Å². The molecule has 3 heteroatoms.